The second-order valence-corrected chi connectivity index (χ2v) is 23.9. The van der Waals surface area contributed by atoms with Crippen molar-refractivity contribution in [3.8, 4) is 11.1 Å². The molecule has 286 valence electrons. The molecule has 0 saturated carbocycles. The first-order chi connectivity index (χ1) is 22.1. The van der Waals surface area contributed by atoms with Gasteiger partial charge in [0, 0.05) is 21.2 Å². The van der Waals surface area contributed by atoms with Gasteiger partial charge < -0.3 is 0 Å². The molecule has 0 aliphatic heterocycles. The second-order valence-electron chi connectivity index (χ2n) is 16.7. The van der Waals surface area contributed by atoms with Gasteiger partial charge in [0.05, 0.1) is 26.4 Å². The van der Waals surface area contributed by atoms with Gasteiger partial charge in [0.2, 0.25) is 0 Å². The van der Waals surface area contributed by atoms with Crippen LogP contribution in [0.1, 0.15) is 83.1 Å². The van der Waals surface area contributed by atoms with E-state index in [9.17, 15) is 33.7 Å². The Morgan fingerprint density at radius 1 is 0.400 bits per heavy atom. The van der Waals surface area contributed by atoms with Gasteiger partial charge >= 0.3 is 0 Å². The summed E-state index contributed by atoms with van der Waals surface area (Å²) < 4.78 is 133. The van der Waals surface area contributed by atoms with E-state index < -0.39 is 129 Å². The van der Waals surface area contributed by atoms with Gasteiger partial charge in [0.15, 0.2) is 0 Å². The molecule has 50 heavy (non-hydrogen) atoms. The number of hydrogen-bond donors (Lipinski definition) is 0. The topological polar surface area (TPSA) is 173 Å². The Labute approximate surface area is 308 Å². The number of halogens is 2. The molecule has 0 spiro atoms. The normalized spacial score (nSPS) is 14.3. The average Bonchev–Trinajstić information content (AvgIpc) is 2.91. The van der Waals surface area contributed by atoms with Gasteiger partial charge in [-0.25, -0.2) is 0 Å². The summed E-state index contributed by atoms with van der Waals surface area (Å²) in [5, 5.41) is -0.860. The van der Waals surface area contributed by atoms with Crippen molar-refractivity contribution in [3.05, 3.63) is 34.3 Å². The maximum atomic E-state index is 14.0. The number of benzene rings is 2. The van der Waals surface area contributed by atoms with Gasteiger partial charge in [-0.1, -0.05) is 106 Å². The fourth-order valence-corrected chi connectivity index (χ4v) is 9.97. The smallest absolute Gasteiger partial charge is 0.266 e. The molecule has 0 aliphatic carbocycles. The minimum atomic E-state index is -5.04. The van der Waals surface area contributed by atoms with E-state index in [4.69, 9.17) is 39.9 Å². The third kappa shape index (κ3) is 13.0. The summed E-state index contributed by atoms with van der Waals surface area (Å²) in [5.74, 6) is 0. The number of rotatable bonds is 13. The molecule has 0 saturated heterocycles. The van der Waals surface area contributed by atoms with Crippen molar-refractivity contribution in [1.82, 2.24) is 0 Å². The molecular formula is C32H48Cl2O12S4. The zero-order valence-corrected chi connectivity index (χ0v) is 35.2. The van der Waals surface area contributed by atoms with Crippen molar-refractivity contribution in [1.29, 1.82) is 0 Å². The molecule has 0 aromatic heterocycles. The van der Waals surface area contributed by atoms with E-state index in [1.807, 2.05) is 0 Å². The first-order valence-corrected chi connectivity index (χ1v) is 21.7. The van der Waals surface area contributed by atoms with Crippen molar-refractivity contribution < 1.29 is 50.4 Å². The van der Waals surface area contributed by atoms with Crippen molar-refractivity contribution in [2.45, 2.75) is 103 Å². The molecular weight excluding hydrogens is 776 g/mol. The van der Waals surface area contributed by atoms with Crippen LogP contribution in [0, 0.1) is 21.7 Å². The van der Waals surface area contributed by atoms with Crippen LogP contribution in [0.15, 0.2) is 43.8 Å². The zero-order valence-electron chi connectivity index (χ0n) is 30.4. The number of hydrogen-bond acceptors (Lipinski definition) is 12. The van der Waals surface area contributed by atoms with Crippen LogP contribution in [0.2, 0.25) is 10.0 Å². The average molecular weight is 824 g/mol. The molecule has 0 N–H and O–H groups in total. The van der Waals surface area contributed by atoms with Crippen LogP contribution in [0.4, 0.5) is 0 Å². The highest BCUT2D eigenvalue weighted by Crippen LogP contribution is 2.46. The highest BCUT2D eigenvalue weighted by atomic mass is 35.5. The van der Waals surface area contributed by atoms with Crippen LogP contribution in [0.3, 0.4) is 0 Å². The second kappa shape index (κ2) is 15.2. The third-order valence-electron chi connectivity index (χ3n) is 5.98. The van der Waals surface area contributed by atoms with Gasteiger partial charge in [-0.15, -0.1) is 0 Å². The van der Waals surface area contributed by atoms with Gasteiger partial charge in [-0.3, -0.25) is 16.7 Å². The summed E-state index contributed by atoms with van der Waals surface area (Å²) in [7, 11) is -20.1. The van der Waals surface area contributed by atoms with E-state index >= 15 is 0 Å². The van der Waals surface area contributed by atoms with Crippen molar-refractivity contribution in [2.75, 3.05) is 26.4 Å². The van der Waals surface area contributed by atoms with Crippen LogP contribution in [-0.2, 0) is 57.2 Å². The Balaban J connectivity index is 3.38. The Morgan fingerprint density at radius 3 is 0.700 bits per heavy atom. The SMILES string of the molecule is CC(C)(C)COS(=O)(=O)c1cc(Cl)cc(S(=O)(=O)OCC(C)(C)C)c1-c1c(S(=O)(=O)OCC(C)(C)C)cc(Cl)cc1S(=O)(=O)OCC(C)(C)C. The van der Waals surface area contributed by atoms with E-state index in [-0.39, 0.29) is 0 Å². The van der Waals surface area contributed by atoms with Crippen LogP contribution in [-0.4, -0.2) is 60.1 Å². The van der Waals surface area contributed by atoms with Crippen LogP contribution >= 0.6 is 23.2 Å². The Kier molecular flexibility index (Phi) is 13.6. The molecule has 0 bridgehead atoms. The lowest BCUT2D eigenvalue weighted by Crippen LogP contribution is -2.23. The molecule has 2 aromatic rings. The third-order valence-corrected chi connectivity index (χ3v) is 11.6. The van der Waals surface area contributed by atoms with E-state index in [0.717, 1.165) is 24.3 Å². The summed E-state index contributed by atoms with van der Waals surface area (Å²) in [6.07, 6.45) is 0. The molecule has 18 heteroatoms. The van der Waals surface area contributed by atoms with E-state index in [2.05, 4.69) is 0 Å². The van der Waals surface area contributed by atoms with E-state index in [0.29, 0.717) is 0 Å². The van der Waals surface area contributed by atoms with E-state index in [1.165, 1.54) is 0 Å². The molecule has 0 fully saturated rings. The summed E-state index contributed by atoms with van der Waals surface area (Å²) >= 11 is 12.7. The van der Waals surface area contributed by atoms with Crippen LogP contribution < -0.4 is 0 Å². The maximum absolute atomic E-state index is 14.0. The van der Waals surface area contributed by atoms with Gasteiger partial charge in [0.1, 0.15) is 19.6 Å². The molecule has 0 unspecified atom stereocenters. The van der Waals surface area contributed by atoms with Crippen molar-refractivity contribution in [3.63, 3.8) is 0 Å². The summed E-state index contributed by atoms with van der Waals surface area (Å²) in [5.41, 5.74) is -4.79. The molecule has 0 heterocycles. The Hall–Kier alpha value is -1.34. The lowest BCUT2D eigenvalue weighted by atomic mass is 9.99. The summed E-state index contributed by atoms with van der Waals surface area (Å²) in [4.78, 5) is -3.86. The van der Waals surface area contributed by atoms with Gasteiger partial charge in [0.25, 0.3) is 40.5 Å². The summed E-state index contributed by atoms with van der Waals surface area (Å²) in [6.45, 7) is 18.4. The molecule has 2 rings (SSSR count). The predicted octanol–water partition coefficient (Wildman–Crippen LogP) is 7.67. The highest BCUT2D eigenvalue weighted by Gasteiger charge is 2.39. The van der Waals surface area contributed by atoms with Crippen molar-refractivity contribution in [2.24, 2.45) is 21.7 Å². The predicted molar refractivity (Wildman–Crippen MR) is 192 cm³/mol. The molecule has 2 aromatic carbocycles. The van der Waals surface area contributed by atoms with Crippen LogP contribution in [0.5, 0.6) is 0 Å². The first kappa shape index (κ1) is 44.8. The fraction of sp³-hybridized carbons (Fsp3) is 0.625. The standard InChI is InChI=1S/C32H48Cl2O12S4/c1-29(2,3)17-43-47(35,36)23-13-21(33)14-24(48(37,38)44-18-30(4,5)6)27(23)28-25(49(39,40)45-19-31(7,8)9)15-22(34)16-26(28)50(41,42)46-20-32(10,11)12/h13-16H,17-20H2,1-12H3. The van der Waals surface area contributed by atoms with Crippen LogP contribution in [0.25, 0.3) is 11.1 Å². The first-order valence-electron chi connectivity index (χ1n) is 15.3. The molecule has 0 atom stereocenters. The van der Waals surface area contributed by atoms with Gasteiger partial charge in [-0.2, -0.15) is 33.7 Å². The lowest BCUT2D eigenvalue weighted by Gasteiger charge is -2.25. The molecule has 0 aliphatic rings. The maximum Gasteiger partial charge on any atom is 0.297 e. The molecule has 12 nitrogen and oxygen atoms in total. The Bertz CT molecular complexity index is 1730. The fourth-order valence-electron chi connectivity index (χ4n) is 3.67. The minimum Gasteiger partial charge on any atom is -0.266 e. The molecule has 0 radical (unpaired) electrons. The minimum absolute atomic E-state index is 0.412. The highest BCUT2D eigenvalue weighted by molar-refractivity contribution is 7.88. The quantitative estimate of drug-likeness (QED) is 0.181. The van der Waals surface area contributed by atoms with Crippen molar-refractivity contribution >= 4 is 63.7 Å². The lowest BCUT2D eigenvalue weighted by molar-refractivity contribution is 0.202. The molecule has 0 amide bonds. The zero-order chi connectivity index (χ0) is 39.1. The largest absolute Gasteiger partial charge is 0.297 e. The monoisotopic (exact) mass is 822 g/mol. The Morgan fingerprint density at radius 2 is 0.560 bits per heavy atom. The van der Waals surface area contributed by atoms with Gasteiger partial charge in [-0.05, 0) is 45.9 Å². The van der Waals surface area contributed by atoms with E-state index in [1.54, 1.807) is 83.1 Å². The summed E-state index contributed by atoms with van der Waals surface area (Å²) in [6, 6.07) is 3.30.